The lowest BCUT2D eigenvalue weighted by atomic mass is 10.2. The van der Waals surface area contributed by atoms with Crippen molar-refractivity contribution in [1.29, 1.82) is 0 Å². The van der Waals surface area contributed by atoms with Gasteiger partial charge in [-0.15, -0.1) is 0 Å². The van der Waals surface area contributed by atoms with Gasteiger partial charge in [0.2, 0.25) is 5.91 Å². The minimum atomic E-state index is 0.260. The van der Waals surface area contributed by atoms with E-state index in [9.17, 15) is 4.79 Å². The average molecular weight is 332 g/mol. The van der Waals surface area contributed by atoms with Crippen LogP contribution >= 0.6 is 11.6 Å². The van der Waals surface area contributed by atoms with Crippen LogP contribution in [0, 0.1) is 0 Å². The second-order valence-corrected chi connectivity index (χ2v) is 6.25. The van der Waals surface area contributed by atoms with Gasteiger partial charge in [-0.2, -0.15) is 0 Å². The van der Waals surface area contributed by atoms with Gasteiger partial charge in [-0.05, 0) is 30.7 Å². The summed E-state index contributed by atoms with van der Waals surface area (Å²) in [7, 11) is 0. The van der Waals surface area contributed by atoms with Crippen LogP contribution in [0.1, 0.15) is 12.8 Å². The van der Waals surface area contributed by atoms with Crippen molar-refractivity contribution in [1.82, 2.24) is 9.47 Å². The standard InChI is InChI=1S/C18H22ClN3O/c19-16-6-1-2-7-17(16)21-12-14-22(15-13-21)18(23)8-5-11-20-9-3-4-10-20/h1-4,6-7,9-10H,5,8,11-15H2. The van der Waals surface area contributed by atoms with Crippen molar-refractivity contribution in [2.75, 3.05) is 31.1 Å². The Morgan fingerprint density at radius 3 is 2.39 bits per heavy atom. The van der Waals surface area contributed by atoms with Crippen molar-refractivity contribution in [3.05, 3.63) is 53.8 Å². The molecule has 0 aliphatic carbocycles. The van der Waals surface area contributed by atoms with Crippen molar-refractivity contribution in [3.63, 3.8) is 0 Å². The Kier molecular flexibility index (Phi) is 5.23. The lowest BCUT2D eigenvalue weighted by molar-refractivity contribution is -0.131. The molecule has 0 saturated carbocycles. The first-order valence-electron chi connectivity index (χ1n) is 8.12. The van der Waals surface area contributed by atoms with E-state index in [-0.39, 0.29) is 5.91 Å². The molecule has 4 nitrogen and oxygen atoms in total. The van der Waals surface area contributed by atoms with E-state index in [1.165, 1.54) is 0 Å². The molecule has 1 aliphatic rings. The number of nitrogens with zero attached hydrogens (tertiary/aromatic N) is 3. The highest BCUT2D eigenvalue weighted by Gasteiger charge is 2.21. The third-order valence-electron chi connectivity index (χ3n) is 4.30. The Balaban J connectivity index is 1.45. The topological polar surface area (TPSA) is 28.5 Å². The third kappa shape index (κ3) is 4.08. The Morgan fingerprint density at radius 1 is 1.00 bits per heavy atom. The van der Waals surface area contributed by atoms with Crippen LogP contribution in [-0.2, 0) is 11.3 Å². The second kappa shape index (κ2) is 7.55. The van der Waals surface area contributed by atoms with Gasteiger partial charge in [0.05, 0.1) is 10.7 Å². The van der Waals surface area contributed by atoms with Gasteiger partial charge in [0.15, 0.2) is 0 Å². The lowest BCUT2D eigenvalue weighted by Crippen LogP contribution is -2.48. The second-order valence-electron chi connectivity index (χ2n) is 5.84. The predicted octanol–water partition coefficient (Wildman–Crippen LogP) is 3.27. The molecule has 0 unspecified atom stereocenters. The molecule has 5 heteroatoms. The highest BCUT2D eigenvalue weighted by Crippen LogP contribution is 2.26. The first-order chi connectivity index (χ1) is 11.2. The summed E-state index contributed by atoms with van der Waals surface area (Å²) in [5, 5.41) is 0.777. The fourth-order valence-corrected chi connectivity index (χ4v) is 3.25. The van der Waals surface area contributed by atoms with E-state index in [0.717, 1.165) is 49.9 Å². The maximum Gasteiger partial charge on any atom is 0.222 e. The summed E-state index contributed by atoms with van der Waals surface area (Å²) in [5.74, 6) is 0.260. The molecule has 1 aromatic heterocycles. The predicted molar refractivity (Wildman–Crippen MR) is 93.9 cm³/mol. The van der Waals surface area contributed by atoms with Gasteiger partial charge in [-0.3, -0.25) is 4.79 Å². The number of amides is 1. The van der Waals surface area contributed by atoms with E-state index < -0.39 is 0 Å². The molecule has 1 amide bonds. The summed E-state index contributed by atoms with van der Waals surface area (Å²) in [6.07, 6.45) is 5.57. The number of hydrogen-bond acceptors (Lipinski definition) is 2. The molecule has 1 saturated heterocycles. The average Bonchev–Trinajstić information content (AvgIpc) is 3.09. The molecule has 3 rings (SSSR count). The Morgan fingerprint density at radius 2 is 1.70 bits per heavy atom. The number of aryl methyl sites for hydroxylation is 1. The SMILES string of the molecule is O=C(CCCn1cccc1)N1CCN(c2ccccc2Cl)CC1. The van der Waals surface area contributed by atoms with Gasteiger partial charge in [0, 0.05) is 51.5 Å². The molecule has 0 atom stereocenters. The number of aromatic nitrogens is 1. The van der Waals surface area contributed by atoms with Crippen LogP contribution in [0.5, 0.6) is 0 Å². The molecule has 0 spiro atoms. The smallest absolute Gasteiger partial charge is 0.222 e. The summed E-state index contributed by atoms with van der Waals surface area (Å²) < 4.78 is 2.11. The molecule has 1 aromatic carbocycles. The quantitative estimate of drug-likeness (QED) is 0.841. The summed E-state index contributed by atoms with van der Waals surface area (Å²) in [5.41, 5.74) is 1.06. The molecule has 0 radical (unpaired) electrons. The van der Waals surface area contributed by atoms with E-state index in [0.29, 0.717) is 6.42 Å². The Bertz CT molecular complexity index is 633. The number of carbonyl (C=O) groups excluding carboxylic acids is 1. The fourth-order valence-electron chi connectivity index (χ4n) is 3.00. The van der Waals surface area contributed by atoms with Crippen molar-refractivity contribution in [2.24, 2.45) is 0 Å². The number of rotatable bonds is 5. The van der Waals surface area contributed by atoms with Gasteiger partial charge < -0.3 is 14.4 Å². The van der Waals surface area contributed by atoms with Crippen molar-refractivity contribution in [3.8, 4) is 0 Å². The van der Waals surface area contributed by atoms with Crippen LogP contribution in [0.15, 0.2) is 48.8 Å². The van der Waals surface area contributed by atoms with Crippen LogP contribution in [0.2, 0.25) is 5.02 Å². The van der Waals surface area contributed by atoms with E-state index in [2.05, 4.69) is 9.47 Å². The summed E-state index contributed by atoms with van der Waals surface area (Å²) in [4.78, 5) is 16.5. The number of halogens is 1. The van der Waals surface area contributed by atoms with Crippen molar-refractivity contribution in [2.45, 2.75) is 19.4 Å². The van der Waals surface area contributed by atoms with Gasteiger partial charge in [-0.25, -0.2) is 0 Å². The van der Waals surface area contributed by atoms with E-state index in [1.807, 2.05) is 53.7 Å². The molecule has 122 valence electrons. The zero-order valence-electron chi connectivity index (χ0n) is 13.2. The molecule has 2 aromatic rings. The molecular weight excluding hydrogens is 310 g/mol. The molecule has 2 heterocycles. The first-order valence-corrected chi connectivity index (χ1v) is 8.50. The zero-order chi connectivity index (χ0) is 16.1. The van der Waals surface area contributed by atoms with Crippen molar-refractivity contribution < 1.29 is 4.79 Å². The maximum absolute atomic E-state index is 12.3. The van der Waals surface area contributed by atoms with Gasteiger partial charge in [0.25, 0.3) is 0 Å². The number of benzene rings is 1. The molecular formula is C18H22ClN3O. The van der Waals surface area contributed by atoms with Crippen LogP contribution < -0.4 is 4.90 Å². The highest BCUT2D eigenvalue weighted by molar-refractivity contribution is 6.33. The van der Waals surface area contributed by atoms with E-state index in [1.54, 1.807) is 0 Å². The van der Waals surface area contributed by atoms with Crippen LogP contribution in [0.4, 0.5) is 5.69 Å². The fraction of sp³-hybridized carbons (Fsp3) is 0.389. The number of hydrogen-bond donors (Lipinski definition) is 0. The molecule has 1 aliphatic heterocycles. The van der Waals surface area contributed by atoms with Crippen LogP contribution in [0.25, 0.3) is 0 Å². The molecule has 23 heavy (non-hydrogen) atoms. The summed E-state index contributed by atoms with van der Waals surface area (Å²) in [6.45, 7) is 4.12. The van der Waals surface area contributed by atoms with Crippen molar-refractivity contribution >= 4 is 23.2 Å². The monoisotopic (exact) mass is 331 g/mol. The minimum Gasteiger partial charge on any atom is -0.367 e. The van der Waals surface area contributed by atoms with E-state index in [4.69, 9.17) is 11.6 Å². The molecule has 0 bridgehead atoms. The number of anilines is 1. The van der Waals surface area contributed by atoms with Gasteiger partial charge in [0.1, 0.15) is 0 Å². The van der Waals surface area contributed by atoms with Crippen LogP contribution in [0.3, 0.4) is 0 Å². The van der Waals surface area contributed by atoms with E-state index >= 15 is 0 Å². The number of carbonyl (C=O) groups is 1. The Labute approximate surface area is 142 Å². The third-order valence-corrected chi connectivity index (χ3v) is 4.62. The number of piperazine rings is 1. The lowest BCUT2D eigenvalue weighted by Gasteiger charge is -2.36. The van der Waals surface area contributed by atoms with Crippen LogP contribution in [-0.4, -0.2) is 41.6 Å². The summed E-state index contributed by atoms with van der Waals surface area (Å²) in [6, 6.07) is 11.9. The Hall–Kier alpha value is -1.94. The highest BCUT2D eigenvalue weighted by atomic mass is 35.5. The minimum absolute atomic E-state index is 0.260. The molecule has 0 N–H and O–H groups in total. The molecule has 1 fully saturated rings. The van der Waals surface area contributed by atoms with Gasteiger partial charge in [-0.1, -0.05) is 23.7 Å². The zero-order valence-corrected chi connectivity index (χ0v) is 14.0. The largest absolute Gasteiger partial charge is 0.367 e. The van der Waals surface area contributed by atoms with Gasteiger partial charge >= 0.3 is 0 Å². The normalized spacial score (nSPS) is 15.0. The first kappa shape index (κ1) is 15.9. The number of para-hydroxylation sites is 1. The summed E-state index contributed by atoms with van der Waals surface area (Å²) >= 11 is 6.25. The maximum atomic E-state index is 12.3.